The monoisotopic (exact) mass is 403 g/mol. The number of hydrogen-bond donors (Lipinski definition) is 0. The van der Waals surface area contributed by atoms with Crippen LogP contribution in [0.1, 0.15) is 29.6 Å². The summed E-state index contributed by atoms with van der Waals surface area (Å²) in [5.74, 6) is -0.792. The van der Waals surface area contributed by atoms with Gasteiger partial charge in [-0.1, -0.05) is 0 Å². The Hall–Kier alpha value is -2.96. The average molecular weight is 403 g/mol. The summed E-state index contributed by atoms with van der Waals surface area (Å²) in [5, 5.41) is 0. The number of carbonyl (C=O) groups is 2. The second kappa shape index (κ2) is 10.0. The van der Waals surface area contributed by atoms with Crippen LogP contribution in [0.3, 0.4) is 0 Å². The highest BCUT2D eigenvalue weighted by Gasteiger charge is 2.28. The van der Waals surface area contributed by atoms with Gasteiger partial charge in [0.25, 0.3) is 5.91 Å². The Morgan fingerprint density at radius 2 is 1.48 bits per heavy atom. The quantitative estimate of drug-likeness (QED) is 0.521. The predicted octanol–water partition coefficient (Wildman–Crippen LogP) is 3.83. The first-order valence-electron chi connectivity index (χ1n) is 9.63. The van der Waals surface area contributed by atoms with Crippen LogP contribution in [-0.2, 0) is 9.53 Å². The molecule has 0 bridgehead atoms. The summed E-state index contributed by atoms with van der Waals surface area (Å²) in [6, 6.07) is 11.2. The van der Waals surface area contributed by atoms with Crippen LogP contribution in [0.15, 0.2) is 48.5 Å². The third kappa shape index (κ3) is 6.01. The van der Waals surface area contributed by atoms with E-state index >= 15 is 0 Å². The maximum Gasteiger partial charge on any atom is 0.309 e. The van der Waals surface area contributed by atoms with Crippen LogP contribution in [0.25, 0.3) is 0 Å². The highest BCUT2D eigenvalue weighted by molar-refractivity contribution is 5.94. The van der Waals surface area contributed by atoms with Gasteiger partial charge in [-0.15, -0.1) is 0 Å². The van der Waals surface area contributed by atoms with Gasteiger partial charge in [0.2, 0.25) is 0 Å². The molecule has 3 rings (SSSR count). The molecule has 1 heterocycles. The molecule has 29 heavy (non-hydrogen) atoms. The second-order valence-electron chi connectivity index (χ2n) is 6.90. The highest BCUT2D eigenvalue weighted by atomic mass is 19.1. The molecule has 0 saturated carbocycles. The van der Waals surface area contributed by atoms with Gasteiger partial charge >= 0.3 is 5.97 Å². The zero-order chi connectivity index (χ0) is 20.6. The molecular formula is C22H23F2NO4. The lowest BCUT2D eigenvalue weighted by Gasteiger charge is -2.31. The fourth-order valence-electron chi connectivity index (χ4n) is 3.16. The highest BCUT2D eigenvalue weighted by Crippen LogP contribution is 2.21. The van der Waals surface area contributed by atoms with E-state index in [1.807, 2.05) is 0 Å². The van der Waals surface area contributed by atoms with E-state index in [0.29, 0.717) is 50.3 Å². The van der Waals surface area contributed by atoms with Crippen molar-refractivity contribution < 1.29 is 27.8 Å². The van der Waals surface area contributed by atoms with E-state index in [9.17, 15) is 18.4 Å². The first-order chi connectivity index (χ1) is 14.0. The fourth-order valence-corrected chi connectivity index (χ4v) is 3.16. The minimum atomic E-state index is -0.383. The Morgan fingerprint density at radius 3 is 2.10 bits per heavy atom. The molecule has 5 nitrogen and oxygen atoms in total. The third-order valence-corrected chi connectivity index (χ3v) is 4.82. The fraction of sp³-hybridized carbons (Fsp3) is 0.364. The standard InChI is InChI=1S/C22H23F2NO4/c23-18-4-2-16(3-5-18)21(26)25-12-10-17(11-13-25)22(27)29-15-1-14-28-20-8-6-19(24)7-9-20/h2-9,17H,1,10-15H2. The van der Waals surface area contributed by atoms with E-state index in [1.165, 1.54) is 36.4 Å². The maximum absolute atomic E-state index is 13.0. The van der Waals surface area contributed by atoms with E-state index < -0.39 is 0 Å². The molecule has 1 fully saturated rings. The zero-order valence-corrected chi connectivity index (χ0v) is 16.0. The van der Waals surface area contributed by atoms with Gasteiger partial charge in [-0.2, -0.15) is 0 Å². The van der Waals surface area contributed by atoms with Crippen LogP contribution >= 0.6 is 0 Å². The number of likely N-dealkylation sites (tertiary alicyclic amines) is 1. The maximum atomic E-state index is 13.0. The summed E-state index contributed by atoms with van der Waals surface area (Å²) in [7, 11) is 0. The molecule has 0 aliphatic carbocycles. The Kier molecular flexibility index (Phi) is 7.16. The van der Waals surface area contributed by atoms with Crippen molar-refractivity contribution in [2.24, 2.45) is 5.92 Å². The van der Waals surface area contributed by atoms with Crippen LogP contribution in [0, 0.1) is 17.6 Å². The molecule has 1 amide bonds. The average Bonchev–Trinajstić information content (AvgIpc) is 2.75. The number of rotatable bonds is 7. The first-order valence-corrected chi connectivity index (χ1v) is 9.63. The van der Waals surface area contributed by atoms with Gasteiger partial charge in [-0.25, -0.2) is 8.78 Å². The van der Waals surface area contributed by atoms with E-state index in [2.05, 4.69) is 0 Å². The molecule has 0 N–H and O–H groups in total. The number of ether oxygens (including phenoxy) is 2. The SMILES string of the molecule is O=C(OCCCOc1ccc(F)cc1)C1CCN(C(=O)c2ccc(F)cc2)CC1. The normalized spacial score (nSPS) is 14.5. The summed E-state index contributed by atoms with van der Waals surface area (Å²) in [6.45, 7) is 1.53. The van der Waals surface area contributed by atoms with Gasteiger partial charge in [0.15, 0.2) is 0 Å². The van der Waals surface area contributed by atoms with Crippen LogP contribution in [0.5, 0.6) is 5.75 Å². The Labute approximate surface area is 168 Å². The summed E-state index contributed by atoms with van der Waals surface area (Å²) >= 11 is 0. The molecule has 1 saturated heterocycles. The molecular weight excluding hydrogens is 380 g/mol. The molecule has 1 aliphatic heterocycles. The van der Waals surface area contributed by atoms with Gasteiger partial charge < -0.3 is 14.4 Å². The van der Waals surface area contributed by atoms with Crippen molar-refractivity contribution in [2.75, 3.05) is 26.3 Å². The van der Waals surface area contributed by atoms with Crippen molar-refractivity contribution in [1.82, 2.24) is 4.90 Å². The van der Waals surface area contributed by atoms with Crippen LogP contribution in [-0.4, -0.2) is 43.1 Å². The van der Waals surface area contributed by atoms with Crippen molar-refractivity contribution in [1.29, 1.82) is 0 Å². The Balaban J connectivity index is 1.33. The molecule has 1 aliphatic rings. The number of nitrogens with zero attached hydrogens (tertiary/aromatic N) is 1. The van der Waals surface area contributed by atoms with Crippen molar-refractivity contribution in [3.8, 4) is 5.75 Å². The lowest BCUT2D eigenvalue weighted by Crippen LogP contribution is -2.40. The second-order valence-corrected chi connectivity index (χ2v) is 6.90. The number of piperidine rings is 1. The van der Waals surface area contributed by atoms with Gasteiger partial charge in [-0.05, 0) is 61.4 Å². The van der Waals surface area contributed by atoms with Gasteiger partial charge in [-0.3, -0.25) is 9.59 Å². The minimum Gasteiger partial charge on any atom is -0.493 e. The summed E-state index contributed by atoms with van der Waals surface area (Å²) in [5.41, 5.74) is 0.439. The summed E-state index contributed by atoms with van der Waals surface area (Å²) in [6.07, 6.45) is 1.61. The third-order valence-electron chi connectivity index (χ3n) is 4.82. The predicted molar refractivity (Wildman–Crippen MR) is 102 cm³/mol. The first kappa shape index (κ1) is 20.8. The molecule has 7 heteroatoms. The van der Waals surface area contributed by atoms with E-state index in [1.54, 1.807) is 17.0 Å². The molecule has 2 aromatic rings. The van der Waals surface area contributed by atoms with Crippen molar-refractivity contribution >= 4 is 11.9 Å². The summed E-state index contributed by atoms with van der Waals surface area (Å²) in [4.78, 5) is 26.3. The van der Waals surface area contributed by atoms with Gasteiger partial charge in [0.05, 0.1) is 19.1 Å². The molecule has 2 aromatic carbocycles. The minimum absolute atomic E-state index is 0.158. The van der Waals surface area contributed by atoms with Crippen molar-refractivity contribution in [3.63, 3.8) is 0 Å². The molecule has 0 unspecified atom stereocenters. The molecule has 0 spiro atoms. The smallest absolute Gasteiger partial charge is 0.309 e. The summed E-state index contributed by atoms with van der Waals surface area (Å²) < 4.78 is 36.6. The lowest BCUT2D eigenvalue weighted by atomic mass is 9.96. The largest absolute Gasteiger partial charge is 0.493 e. The van der Waals surface area contributed by atoms with Crippen molar-refractivity contribution in [3.05, 3.63) is 65.7 Å². The topological polar surface area (TPSA) is 55.8 Å². The lowest BCUT2D eigenvalue weighted by molar-refractivity contribution is -0.150. The Bertz CT molecular complexity index is 816. The number of amides is 1. The Morgan fingerprint density at radius 1 is 0.897 bits per heavy atom. The van der Waals surface area contributed by atoms with Crippen LogP contribution in [0.2, 0.25) is 0 Å². The van der Waals surface area contributed by atoms with Crippen LogP contribution < -0.4 is 4.74 Å². The zero-order valence-electron chi connectivity index (χ0n) is 16.0. The number of benzene rings is 2. The van der Waals surface area contributed by atoms with Gasteiger partial charge in [0.1, 0.15) is 17.4 Å². The molecule has 154 valence electrons. The molecule has 0 radical (unpaired) electrons. The van der Waals surface area contributed by atoms with Crippen LogP contribution in [0.4, 0.5) is 8.78 Å². The number of carbonyl (C=O) groups excluding carboxylic acids is 2. The number of hydrogen-bond acceptors (Lipinski definition) is 4. The molecule has 0 atom stereocenters. The van der Waals surface area contributed by atoms with E-state index in [4.69, 9.17) is 9.47 Å². The number of halogens is 2. The van der Waals surface area contributed by atoms with Gasteiger partial charge in [0, 0.05) is 25.1 Å². The van der Waals surface area contributed by atoms with Crippen molar-refractivity contribution in [2.45, 2.75) is 19.3 Å². The van der Waals surface area contributed by atoms with E-state index in [0.717, 1.165) is 0 Å². The number of esters is 1. The van der Waals surface area contributed by atoms with E-state index in [-0.39, 0.29) is 36.0 Å². The molecule has 0 aromatic heterocycles.